The highest BCUT2D eigenvalue weighted by Crippen LogP contribution is 2.35. The van der Waals surface area contributed by atoms with E-state index in [9.17, 15) is 18.0 Å². The maximum absolute atomic E-state index is 12.9. The fourth-order valence-corrected chi connectivity index (χ4v) is 4.28. The Morgan fingerprint density at radius 3 is 2.88 bits per heavy atom. The van der Waals surface area contributed by atoms with Crippen LogP contribution in [-0.4, -0.2) is 42.0 Å². The second-order valence-corrected chi connectivity index (χ2v) is 6.95. The van der Waals surface area contributed by atoms with Crippen molar-refractivity contribution in [2.75, 3.05) is 20.1 Å². The summed E-state index contributed by atoms with van der Waals surface area (Å²) >= 11 is 1.05. The molecule has 2 aromatic heterocycles. The van der Waals surface area contributed by atoms with Crippen LogP contribution in [0.25, 0.3) is 10.2 Å². The van der Waals surface area contributed by atoms with E-state index < -0.39 is 11.9 Å². The average molecular weight is 357 g/mol. The Labute approximate surface area is 141 Å². The third kappa shape index (κ3) is 3.00. The Morgan fingerprint density at radius 2 is 2.21 bits per heavy atom. The van der Waals surface area contributed by atoms with Gasteiger partial charge in [-0.2, -0.15) is 13.2 Å². The molecule has 24 heavy (non-hydrogen) atoms. The third-order valence-corrected chi connectivity index (χ3v) is 5.56. The summed E-state index contributed by atoms with van der Waals surface area (Å²) in [6.07, 6.45) is -2.60. The highest BCUT2D eigenvalue weighted by Gasteiger charge is 2.34. The van der Waals surface area contributed by atoms with Gasteiger partial charge in [-0.15, -0.1) is 11.3 Å². The van der Waals surface area contributed by atoms with E-state index in [-0.39, 0.29) is 16.8 Å². The van der Waals surface area contributed by atoms with E-state index in [1.165, 1.54) is 6.07 Å². The van der Waals surface area contributed by atoms with E-state index in [0.29, 0.717) is 28.9 Å². The number of aromatic nitrogens is 1. The van der Waals surface area contributed by atoms with Gasteiger partial charge in [0.05, 0.1) is 4.88 Å². The number of amides is 1. The van der Waals surface area contributed by atoms with Gasteiger partial charge in [-0.3, -0.25) is 4.79 Å². The van der Waals surface area contributed by atoms with E-state index in [4.69, 9.17) is 0 Å². The predicted octanol–water partition coefficient (Wildman–Crippen LogP) is 3.45. The lowest BCUT2D eigenvalue weighted by molar-refractivity contribution is -0.140. The molecule has 130 valence electrons. The summed E-state index contributed by atoms with van der Waals surface area (Å²) in [4.78, 5) is 19.1. The number of nitrogens with zero attached hydrogens (tertiary/aromatic N) is 2. The first-order valence-corrected chi connectivity index (χ1v) is 8.57. The van der Waals surface area contributed by atoms with Crippen LogP contribution in [0.3, 0.4) is 0 Å². The van der Waals surface area contributed by atoms with Crippen LogP contribution in [0.5, 0.6) is 0 Å². The summed E-state index contributed by atoms with van der Waals surface area (Å²) in [5, 5.41) is 3.70. The number of aryl methyl sites for hydroxylation is 1. The zero-order valence-corrected chi connectivity index (χ0v) is 14.2. The molecule has 0 aliphatic carbocycles. The Bertz CT molecular complexity index is 772. The zero-order valence-electron chi connectivity index (χ0n) is 13.4. The molecular formula is C16H18F3N3OS. The number of carbonyl (C=O) groups excluding carboxylic acids is 1. The van der Waals surface area contributed by atoms with Gasteiger partial charge in [-0.1, -0.05) is 0 Å². The third-order valence-electron chi connectivity index (χ3n) is 4.37. The van der Waals surface area contributed by atoms with Gasteiger partial charge in [0, 0.05) is 24.5 Å². The van der Waals surface area contributed by atoms with Crippen LogP contribution in [0.1, 0.15) is 33.8 Å². The minimum Gasteiger partial charge on any atom is -0.334 e. The number of likely N-dealkylation sites (tertiary alicyclic amines) is 1. The number of carbonyl (C=O) groups is 1. The van der Waals surface area contributed by atoms with Crippen molar-refractivity contribution >= 4 is 27.5 Å². The molecule has 3 heterocycles. The lowest BCUT2D eigenvalue weighted by Gasteiger charge is -2.24. The van der Waals surface area contributed by atoms with Crippen LogP contribution >= 0.6 is 11.3 Å². The molecule has 1 fully saturated rings. The van der Waals surface area contributed by atoms with Crippen molar-refractivity contribution in [3.63, 3.8) is 0 Å². The lowest BCUT2D eigenvalue weighted by atomic mass is 10.1. The number of nitrogens with one attached hydrogen (secondary N) is 1. The molecular weight excluding hydrogens is 339 g/mol. The monoisotopic (exact) mass is 357 g/mol. The number of fused-ring (bicyclic) bond motifs is 1. The minimum absolute atomic E-state index is 0.109. The van der Waals surface area contributed by atoms with Crippen molar-refractivity contribution in [3.05, 3.63) is 28.3 Å². The number of alkyl halides is 3. The highest BCUT2D eigenvalue weighted by atomic mass is 32.1. The van der Waals surface area contributed by atoms with Crippen molar-refractivity contribution in [2.24, 2.45) is 0 Å². The standard InChI is InChI=1S/C16H18F3N3OS/c1-9-11-5-6-12(16(17,18)19)21-14(11)24-13(9)15(23)22-7-3-4-10(22)8-20-2/h5-6,10,20H,3-4,7-8H2,1-2H3. The van der Waals surface area contributed by atoms with E-state index in [1.807, 2.05) is 11.9 Å². The van der Waals surface area contributed by atoms with Crippen LogP contribution in [0, 0.1) is 6.92 Å². The molecule has 3 rings (SSSR count). The van der Waals surface area contributed by atoms with Gasteiger partial charge < -0.3 is 10.2 Å². The molecule has 2 aromatic rings. The first-order valence-electron chi connectivity index (χ1n) is 7.76. The van der Waals surface area contributed by atoms with Gasteiger partial charge in [0.2, 0.25) is 0 Å². The number of hydrogen-bond donors (Lipinski definition) is 1. The molecule has 0 spiro atoms. The van der Waals surface area contributed by atoms with Crippen molar-refractivity contribution in [1.82, 2.24) is 15.2 Å². The molecule has 8 heteroatoms. The van der Waals surface area contributed by atoms with Crippen LogP contribution < -0.4 is 5.32 Å². The van der Waals surface area contributed by atoms with E-state index >= 15 is 0 Å². The topological polar surface area (TPSA) is 45.2 Å². The SMILES string of the molecule is CNCC1CCCN1C(=O)c1sc2nc(C(F)(F)F)ccc2c1C. The molecule has 4 nitrogen and oxygen atoms in total. The Kier molecular flexibility index (Phi) is 4.52. The molecule has 1 N–H and O–H groups in total. The molecule has 1 amide bonds. The first-order chi connectivity index (χ1) is 11.3. The average Bonchev–Trinajstić information content (AvgIpc) is 3.11. The normalized spacial score (nSPS) is 18.5. The Morgan fingerprint density at radius 1 is 1.46 bits per heavy atom. The predicted molar refractivity (Wildman–Crippen MR) is 87.3 cm³/mol. The second kappa shape index (κ2) is 6.33. The number of hydrogen-bond acceptors (Lipinski definition) is 4. The molecule has 1 saturated heterocycles. The molecule has 1 aliphatic heterocycles. The number of thiophene rings is 1. The van der Waals surface area contributed by atoms with Gasteiger partial charge in [0.25, 0.3) is 5.91 Å². The van der Waals surface area contributed by atoms with Crippen LogP contribution in [0.4, 0.5) is 13.2 Å². The highest BCUT2D eigenvalue weighted by molar-refractivity contribution is 7.20. The molecule has 1 aliphatic rings. The maximum atomic E-state index is 12.9. The van der Waals surface area contributed by atoms with Crippen molar-refractivity contribution < 1.29 is 18.0 Å². The Hall–Kier alpha value is -1.67. The largest absolute Gasteiger partial charge is 0.433 e. The summed E-state index contributed by atoms with van der Waals surface area (Å²) < 4.78 is 38.5. The smallest absolute Gasteiger partial charge is 0.334 e. The van der Waals surface area contributed by atoms with Gasteiger partial charge in [0.1, 0.15) is 10.5 Å². The van der Waals surface area contributed by atoms with Gasteiger partial charge >= 0.3 is 6.18 Å². The van der Waals surface area contributed by atoms with Gasteiger partial charge in [0.15, 0.2) is 0 Å². The summed E-state index contributed by atoms with van der Waals surface area (Å²) in [6, 6.07) is 2.50. The number of rotatable bonds is 3. The number of halogens is 3. The Balaban J connectivity index is 1.97. The fraction of sp³-hybridized carbons (Fsp3) is 0.500. The molecule has 0 aromatic carbocycles. The summed E-state index contributed by atoms with van der Waals surface area (Å²) in [5.74, 6) is -0.109. The lowest BCUT2D eigenvalue weighted by Crippen LogP contribution is -2.40. The number of likely N-dealkylation sites (N-methyl/N-ethyl adjacent to an activating group) is 1. The molecule has 0 bridgehead atoms. The first kappa shape index (κ1) is 17.2. The number of pyridine rings is 1. The second-order valence-electron chi connectivity index (χ2n) is 5.96. The van der Waals surface area contributed by atoms with Crippen molar-refractivity contribution in [3.8, 4) is 0 Å². The van der Waals surface area contributed by atoms with Crippen LogP contribution in [-0.2, 0) is 6.18 Å². The molecule has 0 saturated carbocycles. The van der Waals surface area contributed by atoms with E-state index in [1.54, 1.807) is 6.92 Å². The van der Waals surface area contributed by atoms with E-state index in [2.05, 4.69) is 10.3 Å². The fourth-order valence-electron chi connectivity index (χ4n) is 3.14. The summed E-state index contributed by atoms with van der Waals surface area (Å²) in [5.41, 5.74) is -0.221. The molecule has 0 radical (unpaired) electrons. The zero-order chi connectivity index (χ0) is 17.5. The summed E-state index contributed by atoms with van der Waals surface area (Å²) in [7, 11) is 1.84. The maximum Gasteiger partial charge on any atom is 0.433 e. The quantitative estimate of drug-likeness (QED) is 0.915. The van der Waals surface area contributed by atoms with Crippen LogP contribution in [0.2, 0.25) is 0 Å². The summed E-state index contributed by atoms with van der Waals surface area (Å²) in [6.45, 7) is 3.16. The van der Waals surface area contributed by atoms with Crippen molar-refractivity contribution in [1.29, 1.82) is 0 Å². The van der Waals surface area contributed by atoms with Gasteiger partial charge in [-0.25, -0.2) is 4.98 Å². The minimum atomic E-state index is -4.48. The van der Waals surface area contributed by atoms with Crippen molar-refractivity contribution in [2.45, 2.75) is 32.0 Å². The molecule has 1 unspecified atom stereocenters. The van der Waals surface area contributed by atoms with E-state index in [0.717, 1.165) is 30.2 Å². The van der Waals surface area contributed by atoms with Gasteiger partial charge in [-0.05, 0) is 44.5 Å². The molecule has 1 atom stereocenters. The van der Waals surface area contributed by atoms with Crippen LogP contribution in [0.15, 0.2) is 12.1 Å².